The Kier molecular flexibility index (Phi) is 3.99. The van der Waals surface area contributed by atoms with E-state index in [0.717, 1.165) is 18.7 Å². The van der Waals surface area contributed by atoms with E-state index in [0.29, 0.717) is 13.1 Å². The van der Waals surface area contributed by atoms with Crippen LogP contribution in [0.15, 0.2) is 24.3 Å². The van der Waals surface area contributed by atoms with E-state index in [-0.39, 0.29) is 0 Å². The molecule has 0 bridgehead atoms. The van der Waals surface area contributed by atoms with E-state index in [2.05, 4.69) is 4.90 Å². The zero-order valence-electron chi connectivity index (χ0n) is 10.0. The summed E-state index contributed by atoms with van der Waals surface area (Å²) in [5.74, 6) is 0.862. The molecule has 0 spiro atoms. The average Bonchev–Trinajstić information content (AvgIpc) is 2.67. The first-order valence-electron chi connectivity index (χ1n) is 5.90. The predicted octanol–water partition coefficient (Wildman–Crippen LogP) is 0.275. The normalized spacial score (nSPS) is 25.1. The molecule has 2 unspecified atom stereocenters. The van der Waals surface area contributed by atoms with Crippen LogP contribution in [-0.2, 0) is 6.42 Å². The van der Waals surface area contributed by atoms with Gasteiger partial charge in [0.2, 0.25) is 0 Å². The van der Waals surface area contributed by atoms with Crippen LogP contribution in [0.4, 0.5) is 0 Å². The van der Waals surface area contributed by atoms with Gasteiger partial charge >= 0.3 is 0 Å². The van der Waals surface area contributed by atoms with Gasteiger partial charge in [0.1, 0.15) is 5.75 Å². The van der Waals surface area contributed by atoms with Crippen LogP contribution in [0.2, 0.25) is 0 Å². The van der Waals surface area contributed by atoms with Gasteiger partial charge in [-0.25, -0.2) is 0 Å². The van der Waals surface area contributed by atoms with Crippen LogP contribution in [-0.4, -0.2) is 54.1 Å². The van der Waals surface area contributed by atoms with Gasteiger partial charge < -0.3 is 14.9 Å². The number of methoxy groups -OCH3 is 1. The number of rotatable bonds is 4. The Balaban J connectivity index is 1.81. The summed E-state index contributed by atoms with van der Waals surface area (Å²) in [7, 11) is 1.65. The molecular formula is C13H19NO3. The molecule has 94 valence electrons. The lowest BCUT2D eigenvalue weighted by Crippen LogP contribution is -2.24. The van der Waals surface area contributed by atoms with Gasteiger partial charge in [-0.1, -0.05) is 12.1 Å². The Morgan fingerprint density at radius 1 is 1.18 bits per heavy atom. The van der Waals surface area contributed by atoms with Gasteiger partial charge in [0.15, 0.2) is 0 Å². The van der Waals surface area contributed by atoms with Crippen molar-refractivity contribution >= 4 is 0 Å². The maximum Gasteiger partial charge on any atom is 0.118 e. The fraction of sp³-hybridized carbons (Fsp3) is 0.538. The van der Waals surface area contributed by atoms with Gasteiger partial charge in [-0.3, -0.25) is 4.90 Å². The van der Waals surface area contributed by atoms with Gasteiger partial charge in [-0.2, -0.15) is 0 Å². The van der Waals surface area contributed by atoms with Crippen molar-refractivity contribution < 1.29 is 14.9 Å². The fourth-order valence-electron chi connectivity index (χ4n) is 2.11. The molecule has 0 radical (unpaired) electrons. The Morgan fingerprint density at radius 3 is 2.29 bits per heavy atom. The highest BCUT2D eigenvalue weighted by atomic mass is 16.5. The number of likely N-dealkylation sites (tertiary alicyclic amines) is 1. The molecule has 17 heavy (non-hydrogen) atoms. The van der Waals surface area contributed by atoms with E-state index in [1.165, 1.54) is 5.56 Å². The van der Waals surface area contributed by atoms with Crippen LogP contribution in [0.1, 0.15) is 5.56 Å². The minimum absolute atomic E-state index is 0.567. The van der Waals surface area contributed by atoms with Gasteiger partial charge in [-0.05, 0) is 24.1 Å². The number of β-amino-alcohol motifs (C(OH)–C–C–N with tert-alkyl or cyclic N) is 2. The van der Waals surface area contributed by atoms with Crippen molar-refractivity contribution in [3.8, 4) is 5.75 Å². The molecule has 0 aromatic heterocycles. The molecule has 1 aromatic carbocycles. The molecule has 2 N–H and O–H groups in total. The van der Waals surface area contributed by atoms with Gasteiger partial charge in [-0.15, -0.1) is 0 Å². The Morgan fingerprint density at radius 2 is 1.76 bits per heavy atom. The Bertz CT molecular complexity index is 342. The largest absolute Gasteiger partial charge is 0.497 e. The summed E-state index contributed by atoms with van der Waals surface area (Å²) in [6, 6.07) is 7.98. The minimum atomic E-state index is -0.592. The molecule has 4 heteroatoms. The fourth-order valence-corrected chi connectivity index (χ4v) is 2.11. The molecule has 1 aliphatic rings. The number of benzene rings is 1. The van der Waals surface area contributed by atoms with Crippen molar-refractivity contribution in [3.05, 3.63) is 29.8 Å². The SMILES string of the molecule is COc1ccc(CCN2CC(O)C(O)C2)cc1. The Labute approximate surface area is 101 Å². The van der Waals surface area contributed by atoms with Gasteiger partial charge in [0.05, 0.1) is 19.3 Å². The third-order valence-corrected chi connectivity index (χ3v) is 3.21. The van der Waals surface area contributed by atoms with E-state index in [1.807, 2.05) is 24.3 Å². The lowest BCUT2D eigenvalue weighted by molar-refractivity contribution is 0.0572. The number of hydrogen-bond acceptors (Lipinski definition) is 4. The molecule has 0 saturated carbocycles. The number of ether oxygens (including phenoxy) is 1. The highest BCUT2D eigenvalue weighted by molar-refractivity contribution is 5.27. The maximum absolute atomic E-state index is 9.43. The summed E-state index contributed by atoms with van der Waals surface area (Å²) < 4.78 is 5.10. The molecular weight excluding hydrogens is 218 g/mol. The first kappa shape index (κ1) is 12.4. The summed E-state index contributed by atoms with van der Waals surface area (Å²) in [4.78, 5) is 2.08. The second-order valence-electron chi connectivity index (χ2n) is 4.49. The topological polar surface area (TPSA) is 52.9 Å². The predicted molar refractivity (Wildman–Crippen MR) is 65.2 cm³/mol. The highest BCUT2D eigenvalue weighted by Gasteiger charge is 2.28. The number of nitrogens with zero attached hydrogens (tertiary/aromatic N) is 1. The second kappa shape index (κ2) is 5.49. The molecule has 2 rings (SSSR count). The molecule has 2 atom stereocenters. The third kappa shape index (κ3) is 3.19. The van der Waals surface area contributed by atoms with Crippen molar-refractivity contribution in [3.63, 3.8) is 0 Å². The van der Waals surface area contributed by atoms with E-state index in [4.69, 9.17) is 4.74 Å². The molecule has 4 nitrogen and oxygen atoms in total. The van der Waals surface area contributed by atoms with E-state index < -0.39 is 12.2 Å². The van der Waals surface area contributed by atoms with Crippen molar-refractivity contribution in [2.24, 2.45) is 0 Å². The van der Waals surface area contributed by atoms with E-state index in [1.54, 1.807) is 7.11 Å². The van der Waals surface area contributed by atoms with Gasteiger partial charge in [0, 0.05) is 19.6 Å². The standard InChI is InChI=1S/C13H19NO3/c1-17-11-4-2-10(3-5-11)6-7-14-8-12(15)13(16)9-14/h2-5,12-13,15-16H,6-9H2,1H3. The first-order chi connectivity index (χ1) is 8.19. The smallest absolute Gasteiger partial charge is 0.118 e. The van der Waals surface area contributed by atoms with Crippen molar-refractivity contribution in [2.45, 2.75) is 18.6 Å². The third-order valence-electron chi connectivity index (χ3n) is 3.21. The van der Waals surface area contributed by atoms with Crippen LogP contribution in [0.3, 0.4) is 0 Å². The monoisotopic (exact) mass is 237 g/mol. The van der Waals surface area contributed by atoms with Gasteiger partial charge in [0.25, 0.3) is 0 Å². The van der Waals surface area contributed by atoms with Crippen molar-refractivity contribution in [1.29, 1.82) is 0 Å². The number of aliphatic hydroxyl groups is 2. The molecule has 1 fully saturated rings. The van der Waals surface area contributed by atoms with E-state index in [9.17, 15) is 10.2 Å². The average molecular weight is 237 g/mol. The second-order valence-corrected chi connectivity index (χ2v) is 4.49. The summed E-state index contributed by atoms with van der Waals surface area (Å²) in [5.41, 5.74) is 1.24. The molecule has 0 amide bonds. The lowest BCUT2D eigenvalue weighted by atomic mass is 10.1. The summed E-state index contributed by atoms with van der Waals surface area (Å²) in [6.45, 7) is 2.00. The lowest BCUT2D eigenvalue weighted by Gasteiger charge is -2.14. The van der Waals surface area contributed by atoms with Crippen molar-refractivity contribution in [2.75, 3.05) is 26.7 Å². The van der Waals surface area contributed by atoms with Crippen LogP contribution in [0.5, 0.6) is 5.75 Å². The number of aliphatic hydroxyl groups excluding tert-OH is 2. The molecule has 1 aliphatic heterocycles. The molecule has 1 aromatic rings. The summed E-state index contributed by atoms with van der Waals surface area (Å²) in [5, 5.41) is 18.9. The van der Waals surface area contributed by atoms with Crippen LogP contribution in [0.25, 0.3) is 0 Å². The van der Waals surface area contributed by atoms with Crippen molar-refractivity contribution in [1.82, 2.24) is 4.90 Å². The maximum atomic E-state index is 9.43. The summed E-state index contributed by atoms with van der Waals surface area (Å²) >= 11 is 0. The van der Waals surface area contributed by atoms with Crippen LogP contribution in [0, 0.1) is 0 Å². The van der Waals surface area contributed by atoms with Crippen LogP contribution >= 0.6 is 0 Å². The summed E-state index contributed by atoms with van der Waals surface area (Å²) in [6.07, 6.45) is -0.264. The zero-order chi connectivity index (χ0) is 12.3. The highest BCUT2D eigenvalue weighted by Crippen LogP contribution is 2.14. The van der Waals surface area contributed by atoms with Crippen LogP contribution < -0.4 is 4.74 Å². The molecule has 0 aliphatic carbocycles. The molecule has 1 saturated heterocycles. The minimum Gasteiger partial charge on any atom is -0.497 e. The quantitative estimate of drug-likeness (QED) is 0.789. The molecule has 1 heterocycles. The van der Waals surface area contributed by atoms with E-state index >= 15 is 0 Å². The Hall–Kier alpha value is -1.10. The first-order valence-corrected chi connectivity index (χ1v) is 5.90. The number of hydrogen-bond donors (Lipinski definition) is 2. The zero-order valence-corrected chi connectivity index (χ0v) is 10.0.